The maximum absolute atomic E-state index is 12.7. The summed E-state index contributed by atoms with van der Waals surface area (Å²) < 4.78 is 2.77. The predicted molar refractivity (Wildman–Crippen MR) is 111 cm³/mol. The summed E-state index contributed by atoms with van der Waals surface area (Å²) in [6, 6.07) is 0.0756. The number of hydrogen-bond acceptors (Lipinski definition) is 7. The van der Waals surface area contributed by atoms with E-state index in [0.29, 0.717) is 18.0 Å². The Hall–Kier alpha value is -2.13. The third-order valence-corrected chi connectivity index (χ3v) is 6.19. The lowest BCUT2D eigenvalue weighted by Gasteiger charge is -2.26. The van der Waals surface area contributed by atoms with Crippen LogP contribution in [0.15, 0.2) is 9.59 Å². The third kappa shape index (κ3) is 4.40. The highest BCUT2D eigenvalue weighted by molar-refractivity contribution is 5.68. The molecule has 0 amide bonds. The monoisotopic (exact) mass is 401 g/mol. The lowest BCUT2D eigenvalue weighted by molar-refractivity contribution is 0.225. The molecule has 2 aliphatic rings. The van der Waals surface area contributed by atoms with Crippen LogP contribution < -0.4 is 16.6 Å². The number of nitrogens with zero attached hydrogens (tertiary/aromatic N) is 6. The van der Waals surface area contributed by atoms with Crippen LogP contribution in [0.5, 0.6) is 0 Å². The molecule has 0 atom stereocenters. The molecule has 158 valence electrons. The van der Waals surface area contributed by atoms with Gasteiger partial charge in [0.05, 0.1) is 6.54 Å². The average molecular weight is 402 g/mol. The average Bonchev–Trinajstić information content (AvgIpc) is 3.27. The van der Waals surface area contributed by atoms with Crippen LogP contribution in [0.2, 0.25) is 0 Å². The molecule has 0 bridgehead atoms. The van der Waals surface area contributed by atoms with Crippen LogP contribution in [-0.2, 0) is 13.6 Å². The van der Waals surface area contributed by atoms with Crippen LogP contribution in [0.4, 0.5) is 0 Å². The molecule has 2 aromatic heterocycles. The van der Waals surface area contributed by atoms with Crippen molar-refractivity contribution in [1.29, 1.82) is 0 Å². The summed E-state index contributed by atoms with van der Waals surface area (Å²) in [5.74, 6) is 0.490. The van der Waals surface area contributed by atoms with Gasteiger partial charge in [0.25, 0.3) is 5.56 Å². The molecule has 0 aromatic carbocycles. The minimum absolute atomic E-state index is 0.0756. The van der Waals surface area contributed by atoms with Crippen molar-refractivity contribution in [2.75, 3.05) is 26.2 Å². The SMILES string of the molecule is Cn1c(=O)c2nc(CNCCCN3CCCCC3)nnc2n(C2CCCC2)c1=O. The Labute approximate surface area is 170 Å². The molecule has 29 heavy (non-hydrogen) atoms. The molecule has 1 aliphatic heterocycles. The fourth-order valence-corrected chi connectivity index (χ4v) is 4.53. The standard InChI is InChI=1S/C20H31N7O2/c1-25-19(28)17-18(27(20(25)29)15-8-3-4-9-15)24-23-16(22-17)14-21-10-7-13-26-11-5-2-6-12-26/h15,21H,2-14H2,1H3. The fourth-order valence-electron chi connectivity index (χ4n) is 4.53. The molecule has 1 saturated carbocycles. The molecule has 0 spiro atoms. The highest BCUT2D eigenvalue weighted by atomic mass is 16.2. The van der Waals surface area contributed by atoms with Gasteiger partial charge in [-0.2, -0.15) is 0 Å². The van der Waals surface area contributed by atoms with Crippen LogP contribution >= 0.6 is 0 Å². The summed E-state index contributed by atoms with van der Waals surface area (Å²) in [5.41, 5.74) is -0.174. The van der Waals surface area contributed by atoms with Crippen molar-refractivity contribution in [3.05, 3.63) is 26.7 Å². The Morgan fingerprint density at radius 1 is 1.03 bits per heavy atom. The van der Waals surface area contributed by atoms with Crippen molar-refractivity contribution in [1.82, 2.24) is 34.5 Å². The van der Waals surface area contributed by atoms with Gasteiger partial charge in [0.2, 0.25) is 0 Å². The van der Waals surface area contributed by atoms with E-state index in [2.05, 4.69) is 25.4 Å². The van der Waals surface area contributed by atoms with Gasteiger partial charge in [-0.15, -0.1) is 10.2 Å². The second-order valence-corrected chi connectivity index (χ2v) is 8.29. The van der Waals surface area contributed by atoms with Crippen LogP contribution in [0.1, 0.15) is 63.2 Å². The zero-order valence-electron chi connectivity index (χ0n) is 17.3. The maximum atomic E-state index is 12.7. The second-order valence-electron chi connectivity index (χ2n) is 8.29. The molecular weight excluding hydrogens is 370 g/mol. The number of rotatable bonds is 7. The van der Waals surface area contributed by atoms with Crippen molar-refractivity contribution < 1.29 is 0 Å². The van der Waals surface area contributed by atoms with Gasteiger partial charge >= 0.3 is 5.69 Å². The summed E-state index contributed by atoms with van der Waals surface area (Å²) in [5, 5.41) is 11.8. The van der Waals surface area contributed by atoms with Crippen molar-refractivity contribution in [2.24, 2.45) is 7.05 Å². The second kappa shape index (κ2) is 9.13. The van der Waals surface area contributed by atoms with Gasteiger partial charge < -0.3 is 10.2 Å². The van der Waals surface area contributed by atoms with Gasteiger partial charge in [-0.25, -0.2) is 9.78 Å². The van der Waals surface area contributed by atoms with E-state index in [-0.39, 0.29) is 17.2 Å². The topological polar surface area (TPSA) is 97.9 Å². The van der Waals surface area contributed by atoms with Gasteiger partial charge in [0.15, 0.2) is 17.0 Å². The Balaban J connectivity index is 1.44. The first-order valence-corrected chi connectivity index (χ1v) is 10.9. The normalized spacial score (nSPS) is 18.7. The summed E-state index contributed by atoms with van der Waals surface area (Å²) in [6.07, 6.45) is 9.07. The van der Waals surface area contributed by atoms with E-state index in [1.807, 2.05) is 0 Å². The number of nitrogens with one attached hydrogen (secondary N) is 1. The van der Waals surface area contributed by atoms with Crippen LogP contribution in [0.25, 0.3) is 11.2 Å². The van der Waals surface area contributed by atoms with Gasteiger partial charge in [-0.3, -0.25) is 13.9 Å². The first-order chi connectivity index (χ1) is 14.1. The third-order valence-electron chi connectivity index (χ3n) is 6.19. The zero-order valence-corrected chi connectivity index (χ0v) is 17.3. The van der Waals surface area contributed by atoms with E-state index >= 15 is 0 Å². The largest absolute Gasteiger partial charge is 0.332 e. The van der Waals surface area contributed by atoms with Gasteiger partial charge in [0.1, 0.15) is 0 Å². The summed E-state index contributed by atoms with van der Waals surface area (Å²) in [6.45, 7) is 4.87. The van der Waals surface area contributed by atoms with E-state index < -0.39 is 5.56 Å². The fraction of sp³-hybridized carbons (Fsp3) is 0.750. The van der Waals surface area contributed by atoms with Crippen molar-refractivity contribution in [3.8, 4) is 0 Å². The molecule has 1 aliphatic carbocycles. The smallest absolute Gasteiger partial charge is 0.310 e. The molecule has 1 saturated heterocycles. The van der Waals surface area contributed by atoms with Crippen molar-refractivity contribution in [3.63, 3.8) is 0 Å². The molecule has 1 N–H and O–H groups in total. The van der Waals surface area contributed by atoms with E-state index in [4.69, 9.17) is 0 Å². The van der Waals surface area contributed by atoms with Gasteiger partial charge in [-0.1, -0.05) is 19.3 Å². The van der Waals surface area contributed by atoms with E-state index in [9.17, 15) is 9.59 Å². The Kier molecular flexibility index (Phi) is 6.34. The number of aromatic nitrogens is 5. The predicted octanol–water partition coefficient (Wildman–Crippen LogP) is 0.966. The molecule has 9 nitrogen and oxygen atoms in total. The Bertz CT molecular complexity index is 956. The summed E-state index contributed by atoms with van der Waals surface area (Å²) >= 11 is 0. The Morgan fingerprint density at radius 3 is 2.55 bits per heavy atom. The molecular formula is C20H31N7O2. The molecule has 2 aromatic rings. The highest BCUT2D eigenvalue weighted by Crippen LogP contribution is 2.29. The molecule has 4 rings (SSSR count). The maximum Gasteiger partial charge on any atom is 0.332 e. The van der Waals surface area contributed by atoms with E-state index in [1.165, 1.54) is 39.4 Å². The molecule has 2 fully saturated rings. The van der Waals surface area contributed by atoms with Gasteiger partial charge in [-0.05, 0) is 58.3 Å². The quantitative estimate of drug-likeness (QED) is 0.690. The molecule has 0 radical (unpaired) electrons. The number of hydrogen-bond donors (Lipinski definition) is 1. The highest BCUT2D eigenvalue weighted by Gasteiger charge is 2.24. The molecule has 3 heterocycles. The first kappa shape index (κ1) is 20.2. The lowest BCUT2D eigenvalue weighted by atomic mass is 10.1. The number of piperidine rings is 1. The van der Waals surface area contributed by atoms with Crippen LogP contribution in [-0.4, -0.2) is 55.4 Å². The first-order valence-electron chi connectivity index (χ1n) is 10.9. The number of likely N-dealkylation sites (tertiary alicyclic amines) is 1. The molecule has 0 unspecified atom stereocenters. The van der Waals surface area contributed by atoms with Crippen LogP contribution in [0, 0.1) is 0 Å². The zero-order chi connectivity index (χ0) is 20.2. The number of fused-ring (bicyclic) bond motifs is 1. The Morgan fingerprint density at radius 2 is 1.79 bits per heavy atom. The molecule has 9 heteroatoms. The van der Waals surface area contributed by atoms with E-state index in [0.717, 1.165) is 49.8 Å². The lowest BCUT2D eigenvalue weighted by Crippen LogP contribution is -2.40. The van der Waals surface area contributed by atoms with E-state index in [1.54, 1.807) is 4.57 Å². The van der Waals surface area contributed by atoms with Crippen molar-refractivity contribution >= 4 is 11.2 Å². The minimum atomic E-state index is -0.402. The summed E-state index contributed by atoms with van der Waals surface area (Å²) in [7, 11) is 1.51. The summed E-state index contributed by atoms with van der Waals surface area (Å²) in [4.78, 5) is 32.3. The van der Waals surface area contributed by atoms with Crippen molar-refractivity contribution in [2.45, 2.75) is 64.0 Å². The van der Waals surface area contributed by atoms with Crippen LogP contribution in [0.3, 0.4) is 0 Å². The van der Waals surface area contributed by atoms with Gasteiger partial charge in [0, 0.05) is 13.1 Å². The minimum Gasteiger partial charge on any atom is -0.310 e.